The van der Waals surface area contributed by atoms with Crippen molar-refractivity contribution in [3.8, 4) is 0 Å². The van der Waals surface area contributed by atoms with Crippen LogP contribution in [0.15, 0.2) is 42.6 Å². The van der Waals surface area contributed by atoms with Crippen molar-refractivity contribution in [3.63, 3.8) is 0 Å². The standard InChI is InChI=1S/C18H18FN3O/c19-15-5-3-13(4-6-15)11-22-17(10-14-7-9-23-12-14)21-16-2-1-8-20-18(16)22/h1-6,8,14H,7,9-12H2. The molecular formula is C18H18FN3O. The highest BCUT2D eigenvalue weighted by atomic mass is 19.1. The van der Waals surface area contributed by atoms with Gasteiger partial charge in [0.15, 0.2) is 5.65 Å². The quantitative estimate of drug-likeness (QED) is 0.743. The third kappa shape index (κ3) is 2.97. The first-order valence-electron chi connectivity index (χ1n) is 7.92. The molecule has 2 aromatic heterocycles. The normalized spacial score (nSPS) is 17.9. The summed E-state index contributed by atoms with van der Waals surface area (Å²) in [4.78, 5) is 9.25. The first kappa shape index (κ1) is 14.3. The van der Waals surface area contributed by atoms with Gasteiger partial charge in [-0.15, -0.1) is 0 Å². The average molecular weight is 311 g/mol. The number of rotatable bonds is 4. The minimum absolute atomic E-state index is 0.217. The molecule has 118 valence electrons. The maximum Gasteiger partial charge on any atom is 0.160 e. The van der Waals surface area contributed by atoms with Crippen LogP contribution >= 0.6 is 0 Å². The van der Waals surface area contributed by atoms with Gasteiger partial charge in [-0.3, -0.25) is 0 Å². The predicted molar refractivity (Wildman–Crippen MR) is 85.7 cm³/mol. The Morgan fingerprint density at radius 3 is 2.87 bits per heavy atom. The smallest absolute Gasteiger partial charge is 0.160 e. The van der Waals surface area contributed by atoms with Crippen LogP contribution in [0, 0.1) is 11.7 Å². The molecule has 1 unspecified atom stereocenters. The summed E-state index contributed by atoms with van der Waals surface area (Å²) < 4.78 is 20.7. The van der Waals surface area contributed by atoms with E-state index in [1.165, 1.54) is 12.1 Å². The monoisotopic (exact) mass is 311 g/mol. The minimum atomic E-state index is -0.217. The van der Waals surface area contributed by atoms with Gasteiger partial charge in [0.25, 0.3) is 0 Å². The van der Waals surface area contributed by atoms with Gasteiger partial charge < -0.3 is 9.30 Å². The van der Waals surface area contributed by atoms with Crippen molar-refractivity contribution in [2.75, 3.05) is 13.2 Å². The van der Waals surface area contributed by atoms with E-state index in [9.17, 15) is 4.39 Å². The molecule has 0 bridgehead atoms. The predicted octanol–water partition coefficient (Wildman–Crippen LogP) is 3.20. The van der Waals surface area contributed by atoms with Gasteiger partial charge in [0.2, 0.25) is 0 Å². The van der Waals surface area contributed by atoms with E-state index in [1.54, 1.807) is 6.20 Å². The molecule has 0 aliphatic carbocycles. The first-order valence-corrected chi connectivity index (χ1v) is 7.92. The zero-order valence-corrected chi connectivity index (χ0v) is 12.8. The van der Waals surface area contributed by atoms with Crippen molar-refractivity contribution >= 4 is 11.2 Å². The van der Waals surface area contributed by atoms with Gasteiger partial charge in [0.05, 0.1) is 6.54 Å². The van der Waals surface area contributed by atoms with Crippen LogP contribution in [0.5, 0.6) is 0 Å². The van der Waals surface area contributed by atoms with Crippen LogP contribution in [0.25, 0.3) is 11.2 Å². The average Bonchev–Trinajstić information content (AvgIpc) is 3.19. The zero-order valence-electron chi connectivity index (χ0n) is 12.8. The van der Waals surface area contributed by atoms with Crippen LogP contribution in [0.1, 0.15) is 17.8 Å². The number of pyridine rings is 1. The number of hydrogen-bond donors (Lipinski definition) is 0. The summed E-state index contributed by atoms with van der Waals surface area (Å²) in [6, 6.07) is 10.5. The van der Waals surface area contributed by atoms with Crippen molar-refractivity contribution < 1.29 is 9.13 Å². The summed E-state index contributed by atoms with van der Waals surface area (Å²) in [5, 5.41) is 0. The number of halogens is 1. The first-order chi connectivity index (χ1) is 11.3. The van der Waals surface area contributed by atoms with E-state index in [1.807, 2.05) is 24.3 Å². The van der Waals surface area contributed by atoms with E-state index in [0.29, 0.717) is 12.5 Å². The fourth-order valence-electron chi connectivity index (χ4n) is 3.10. The highest BCUT2D eigenvalue weighted by molar-refractivity contribution is 5.71. The van der Waals surface area contributed by atoms with Gasteiger partial charge in [-0.05, 0) is 42.2 Å². The molecule has 1 aliphatic rings. The maximum absolute atomic E-state index is 13.1. The van der Waals surface area contributed by atoms with E-state index in [4.69, 9.17) is 9.72 Å². The van der Waals surface area contributed by atoms with Crippen molar-refractivity contribution in [1.29, 1.82) is 0 Å². The summed E-state index contributed by atoms with van der Waals surface area (Å²) in [6.07, 6.45) is 3.75. The van der Waals surface area contributed by atoms with Crippen LogP contribution in [0.2, 0.25) is 0 Å². The summed E-state index contributed by atoms with van der Waals surface area (Å²) >= 11 is 0. The molecular weight excluding hydrogens is 293 g/mol. The molecule has 3 aromatic rings. The Balaban J connectivity index is 1.71. The lowest BCUT2D eigenvalue weighted by Crippen LogP contribution is -2.11. The number of ether oxygens (including phenoxy) is 1. The fourth-order valence-corrected chi connectivity index (χ4v) is 3.10. The fraction of sp³-hybridized carbons (Fsp3) is 0.333. The molecule has 0 N–H and O–H groups in total. The van der Waals surface area contributed by atoms with Gasteiger partial charge in [-0.1, -0.05) is 12.1 Å². The summed E-state index contributed by atoms with van der Waals surface area (Å²) in [7, 11) is 0. The number of aromatic nitrogens is 3. The number of fused-ring (bicyclic) bond motifs is 1. The van der Waals surface area contributed by atoms with Crippen LogP contribution in [0.3, 0.4) is 0 Å². The molecule has 0 saturated carbocycles. The van der Waals surface area contributed by atoms with E-state index >= 15 is 0 Å². The highest BCUT2D eigenvalue weighted by Gasteiger charge is 2.20. The van der Waals surface area contributed by atoms with Gasteiger partial charge in [0, 0.05) is 25.8 Å². The Kier molecular flexibility index (Phi) is 3.79. The van der Waals surface area contributed by atoms with Crippen molar-refractivity contribution in [2.24, 2.45) is 5.92 Å². The van der Waals surface area contributed by atoms with E-state index in [-0.39, 0.29) is 5.82 Å². The van der Waals surface area contributed by atoms with Crippen LogP contribution in [-0.2, 0) is 17.7 Å². The van der Waals surface area contributed by atoms with E-state index in [2.05, 4.69) is 9.55 Å². The summed E-state index contributed by atoms with van der Waals surface area (Å²) in [6.45, 7) is 2.28. The topological polar surface area (TPSA) is 39.9 Å². The van der Waals surface area contributed by atoms with Crippen LogP contribution in [0.4, 0.5) is 4.39 Å². The van der Waals surface area contributed by atoms with E-state index in [0.717, 1.165) is 48.6 Å². The van der Waals surface area contributed by atoms with Gasteiger partial charge in [-0.25, -0.2) is 14.4 Å². The largest absolute Gasteiger partial charge is 0.381 e. The summed E-state index contributed by atoms with van der Waals surface area (Å²) in [5.74, 6) is 1.32. The number of nitrogens with zero attached hydrogens (tertiary/aromatic N) is 3. The number of benzene rings is 1. The van der Waals surface area contributed by atoms with Crippen LogP contribution < -0.4 is 0 Å². The Bertz CT molecular complexity index is 807. The van der Waals surface area contributed by atoms with Crippen molar-refractivity contribution in [3.05, 3.63) is 59.8 Å². The molecule has 1 aliphatic heterocycles. The Morgan fingerprint density at radius 1 is 1.22 bits per heavy atom. The molecule has 1 saturated heterocycles. The number of hydrogen-bond acceptors (Lipinski definition) is 3. The van der Waals surface area contributed by atoms with E-state index < -0.39 is 0 Å². The molecule has 5 heteroatoms. The minimum Gasteiger partial charge on any atom is -0.381 e. The molecule has 0 radical (unpaired) electrons. The van der Waals surface area contributed by atoms with Gasteiger partial charge >= 0.3 is 0 Å². The Hall–Kier alpha value is -2.27. The second kappa shape index (κ2) is 6.08. The second-order valence-electron chi connectivity index (χ2n) is 6.02. The Morgan fingerprint density at radius 2 is 2.09 bits per heavy atom. The van der Waals surface area contributed by atoms with Crippen LogP contribution in [-0.4, -0.2) is 27.7 Å². The second-order valence-corrected chi connectivity index (χ2v) is 6.02. The molecule has 23 heavy (non-hydrogen) atoms. The lowest BCUT2D eigenvalue weighted by molar-refractivity contribution is 0.185. The molecule has 3 heterocycles. The number of imidazole rings is 1. The molecule has 1 atom stereocenters. The SMILES string of the molecule is Fc1ccc(Cn2c(CC3CCOC3)nc3cccnc32)cc1. The third-order valence-electron chi connectivity index (χ3n) is 4.33. The molecule has 0 amide bonds. The lowest BCUT2D eigenvalue weighted by atomic mass is 10.0. The lowest BCUT2D eigenvalue weighted by Gasteiger charge is -2.11. The molecule has 0 spiro atoms. The molecule has 4 nitrogen and oxygen atoms in total. The summed E-state index contributed by atoms with van der Waals surface area (Å²) in [5.41, 5.74) is 2.83. The molecule has 1 aromatic carbocycles. The molecule has 4 rings (SSSR count). The Labute approximate surface area is 133 Å². The maximum atomic E-state index is 13.1. The van der Waals surface area contributed by atoms with Crippen molar-refractivity contribution in [1.82, 2.24) is 14.5 Å². The third-order valence-corrected chi connectivity index (χ3v) is 4.33. The molecule has 1 fully saturated rings. The van der Waals surface area contributed by atoms with Gasteiger partial charge in [0.1, 0.15) is 17.2 Å². The zero-order chi connectivity index (χ0) is 15.6. The van der Waals surface area contributed by atoms with Gasteiger partial charge in [-0.2, -0.15) is 0 Å². The highest BCUT2D eigenvalue weighted by Crippen LogP contribution is 2.22. The van der Waals surface area contributed by atoms with Crippen molar-refractivity contribution in [2.45, 2.75) is 19.4 Å².